The molecule has 0 aliphatic carbocycles. The molecule has 0 saturated heterocycles. The number of urea groups is 1. The standard InChI is InChI=1S/C15H19N5O2/c1-20(2)14-16-8-7-12(18-14)10-17-15(21)19-11-5-4-6-13(9-11)22-3/h4-9H,10H2,1-3H3,(H2,17,19,21). The van der Waals surface area contributed by atoms with Crippen molar-refractivity contribution in [3.05, 3.63) is 42.2 Å². The van der Waals surface area contributed by atoms with Crippen molar-refractivity contribution in [2.75, 3.05) is 31.4 Å². The third-order valence-corrected chi connectivity index (χ3v) is 2.86. The number of hydrogen-bond acceptors (Lipinski definition) is 5. The summed E-state index contributed by atoms with van der Waals surface area (Å²) in [5.41, 5.74) is 1.40. The highest BCUT2D eigenvalue weighted by atomic mass is 16.5. The maximum atomic E-state index is 11.9. The molecule has 1 aromatic heterocycles. The van der Waals surface area contributed by atoms with Crippen LogP contribution in [-0.4, -0.2) is 37.2 Å². The molecule has 7 nitrogen and oxygen atoms in total. The zero-order chi connectivity index (χ0) is 15.9. The van der Waals surface area contributed by atoms with Crippen molar-refractivity contribution < 1.29 is 9.53 Å². The van der Waals surface area contributed by atoms with Gasteiger partial charge in [0.2, 0.25) is 5.95 Å². The van der Waals surface area contributed by atoms with Crippen LogP contribution in [0.25, 0.3) is 0 Å². The van der Waals surface area contributed by atoms with Crippen LogP contribution in [0.5, 0.6) is 5.75 Å². The normalized spacial score (nSPS) is 9.95. The summed E-state index contributed by atoms with van der Waals surface area (Å²) < 4.78 is 5.11. The summed E-state index contributed by atoms with van der Waals surface area (Å²) in [4.78, 5) is 22.1. The van der Waals surface area contributed by atoms with Gasteiger partial charge >= 0.3 is 6.03 Å². The van der Waals surface area contributed by atoms with Gasteiger partial charge in [0.05, 0.1) is 19.3 Å². The van der Waals surface area contributed by atoms with Crippen molar-refractivity contribution in [2.45, 2.75) is 6.54 Å². The van der Waals surface area contributed by atoms with Gasteiger partial charge in [-0.3, -0.25) is 0 Å². The van der Waals surface area contributed by atoms with Gasteiger partial charge in [-0.25, -0.2) is 14.8 Å². The summed E-state index contributed by atoms with van der Waals surface area (Å²) >= 11 is 0. The first-order valence-electron chi connectivity index (χ1n) is 6.76. The molecule has 2 rings (SSSR count). The van der Waals surface area contributed by atoms with E-state index >= 15 is 0 Å². The van der Waals surface area contributed by atoms with Crippen LogP contribution in [0.15, 0.2) is 36.5 Å². The lowest BCUT2D eigenvalue weighted by molar-refractivity contribution is 0.251. The second-order valence-corrected chi connectivity index (χ2v) is 4.78. The van der Waals surface area contributed by atoms with E-state index in [2.05, 4.69) is 20.6 Å². The van der Waals surface area contributed by atoms with E-state index in [1.54, 1.807) is 36.4 Å². The van der Waals surface area contributed by atoms with Crippen LogP contribution in [-0.2, 0) is 6.54 Å². The van der Waals surface area contributed by atoms with Crippen LogP contribution in [0.1, 0.15) is 5.69 Å². The summed E-state index contributed by atoms with van der Waals surface area (Å²) in [6, 6.07) is 8.61. The summed E-state index contributed by atoms with van der Waals surface area (Å²) in [6.07, 6.45) is 1.67. The van der Waals surface area contributed by atoms with Gasteiger partial charge in [-0.1, -0.05) is 6.07 Å². The molecule has 1 aromatic carbocycles. The van der Waals surface area contributed by atoms with Gasteiger partial charge in [0.15, 0.2) is 0 Å². The number of carbonyl (C=O) groups is 1. The summed E-state index contributed by atoms with van der Waals surface area (Å²) in [6.45, 7) is 0.319. The number of aromatic nitrogens is 2. The smallest absolute Gasteiger partial charge is 0.319 e. The van der Waals surface area contributed by atoms with E-state index in [0.29, 0.717) is 23.9 Å². The van der Waals surface area contributed by atoms with Crippen LogP contribution < -0.4 is 20.3 Å². The van der Waals surface area contributed by atoms with E-state index in [9.17, 15) is 4.79 Å². The van der Waals surface area contributed by atoms with E-state index in [-0.39, 0.29) is 6.03 Å². The van der Waals surface area contributed by atoms with Gasteiger partial charge in [0, 0.05) is 32.0 Å². The molecule has 2 N–H and O–H groups in total. The molecule has 7 heteroatoms. The monoisotopic (exact) mass is 301 g/mol. The molecule has 0 saturated carbocycles. The Kier molecular flexibility index (Phi) is 5.13. The van der Waals surface area contributed by atoms with Crippen LogP contribution in [0, 0.1) is 0 Å². The number of benzene rings is 1. The summed E-state index contributed by atoms with van der Waals surface area (Å²) in [5, 5.41) is 5.49. The van der Waals surface area contributed by atoms with Gasteiger partial charge in [-0.15, -0.1) is 0 Å². The van der Waals surface area contributed by atoms with Crippen molar-refractivity contribution in [3.63, 3.8) is 0 Å². The van der Waals surface area contributed by atoms with Crippen molar-refractivity contribution in [1.29, 1.82) is 0 Å². The van der Waals surface area contributed by atoms with Crippen molar-refractivity contribution in [3.8, 4) is 5.75 Å². The Balaban J connectivity index is 1.91. The highest BCUT2D eigenvalue weighted by Gasteiger charge is 2.05. The van der Waals surface area contributed by atoms with E-state index in [4.69, 9.17) is 4.74 Å². The molecule has 116 valence electrons. The molecule has 0 fully saturated rings. The maximum Gasteiger partial charge on any atom is 0.319 e. The minimum absolute atomic E-state index is 0.307. The van der Waals surface area contributed by atoms with Crippen LogP contribution in [0.4, 0.5) is 16.4 Å². The topological polar surface area (TPSA) is 79.4 Å². The Bertz CT molecular complexity index is 645. The minimum Gasteiger partial charge on any atom is -0.497 e. The third kappa shape index (κ3) is 4.34. The Morgan fingerprint density at radius 3 is 2.86 bits per heavy atom. The number of amides is 2. The predicted molar refractivity (Wildman–Crippen MR) is 85.2 cm³/mol. The Morgan fingerprint density at radius 1 is 1.32 bits per heavy atom. The van der Waals surface area contributed by atoms with Gasteiger partial charge in [-0.2, -0.15) is 0 Å². The molecule has 2 amide bonds. The maximum absolute atomic E-state index is 11.9. The molecule has 0 aliphatic rings. The molecule has 0 unspecified atom stereocenters. The number of rotatable bonds is 5. The molecule has 0 spiro atoms. The van der Waals surface area contributed by atoms with Crippen LogP contribution >= 0.6 is 0 Å². The summed E-state index contributed by atoms with van der Waals surface area (Å²) in [5.74, 6) is 1.29. The average Bonchev–Trinajstić information content (AvgIpc) is 2.53. The molecule has 22 heavy (non-hydrogen) atoms. The van der Waals surface area contributed by atoms with Crippen LogP contribution in [0.3, 0.4) is 0 Å². The number of nitrogens with zero attached hydrogens (tertiary/aromatic N) is 3. The summed E-state index contributed by atoms with van der Waals surface area (Å²) in [7, 11) is 5.31. The largest absolute Gasteiger partial charge is 0.497 e. The molecular weight excluding hydrogens is 282 g/mol. The number of ether oxygens (including phenoxy) is 1. The third-order valence-electron chi connectivity index (χ3n) is 2.86. The lowest BCUT2D eigenvalue weighted by Gasteiger charge is -2.11. The first-order chi connectivity index (χ1) is 10.6. The predicted octanol–water partition coefficient (Wildman–Crippen LogP) is 1.87. The first kappa shape index (κ1) is 15.6. The van der Waals surface area contributed by atoms with E-state index < -0.39 is 0 Å². The Hall–Kier alpha value is -2.83. The molecule has 0 bridgehead atoms. The zero-order valence-electron chi connectivity index (χ0n) is 12.8. The number of anilines is 2. The van der Waals surface area contributed by atoms with Gasteiger partial charge in [-0.05, 0) is 18.2 Å². The first-order valence-corrected chi connectivity index (χ1v) is 6.76. The fourth-order valence-electron chi connectivity index (χ4n) is 1.75. The average molecular weight is 301 g/mol. The molecular formula is C15H19N5O2. The highest BCUT2D eigenvalue weighted by Crippen LogP contribution is 2.16. The Morgan fingerprint density at radius 2 is 2.14 bits per heavy atom. The van der Waals surface area contributed by atoms with Crippen molar-refractivity contribution >= 4 is 17.7 Å². The van der Waals surface area contributed by atoms with E-state index in [1.807, 2.05) is 26.2 Å². The lowest BCUT2D eigenvalue weighted by Crippen LogP contribution is -2.28. The number of methoxy groups -OCH3 is 1. The number of carbonyl (C=O) groups excluding carboxylic acids is 1. The van der Waals surface area contributed by atoms with Crippen molar-refractivity contribution in [1.82, 2.24) is 15.3 Å². The fourth-order valence-corrected chi connectivity index (χ4v) is 1.75. The quantitative estimate of drug-likeness (QED) is 0.881. The van der Waals surface area contributed by atoms with Crippen LogP contribution in [0.2, 0.25) is 0 Å². The highest BCUT2D eigenvalue weighted by molar-refractivity contribution is 5.89. The Labute approximate surface area is 129 Å². The van der Waals surface area contributed by atoms with E-state index in [0.717, 1.165) is 5.69 Å². The second-order valence-electron chi connectivity index (χ2n) is 4.78. The lowest BCUT2D eigenvalue weighted by atomic mass is 10.3. The minimum atomic E-state index is -0.307. The second kappa shape index (κ2) is 7.26. The molecule has 0 aliphatic heterocycles. The SMILES string of the molecule is COc1cccc(NC(=O)NCc2ccnc(N(C)C)n2)c1. The van der Waals surface area contributed by atoms with Crippen molar-refractivity contribution in [2.24, 2.45) is 0 Å². The number of nitrogens with one attached hydrogen (secondary N) is 2. The van der Waals surface area contributed by atoms with E-state index in [1.165, 1.54) is 0 Å². The van der Waals surface area contributed by atoms with Gasteiger partial charge < -0.3 is 20.3 Å². The van der Waals surface area contributed by atoms with Gasteiger partial charge in [0.1, 0.15) is 5.75 Å². The zero-order valence-corrected chi connectivity index (χ0v) is 12.8. The number of hydrogen-bond donors (Lipinski definition) is 2. The molecule has 0 radical (unpaired) electrons. The van der Waals surface area contributed by atoms with Gasteiger partial charge in [0.25, 0.3) is 0 Å². The molecule has 0 atom stereocenters. The molecule has 1 heterocycles. The molecule has 2 aromatic rings. The fraction of sp³-hybridized carbons (Fsp3) is 0.267.